The quantitative estimate of drug-likeness (QED) is 0.487. The number of hydrogen-bond donors (Lipinski definition) is 1. The summed E-state index contributed by atoms with van der Waals surface area (Å²) in [7, 11) is 0. The summed E-state index contributed by atoms with van der Waals surface area (Å²) >= 11 is 0. The minimum atomic E-state index is -0.232. The van der Waals surface area contributed by atoms with Gasteiger partial charge in [-0.25, -0.2) is 0 Å². The lowest BCUT2D eigenvalue weighted by molar-refractivity contribution is 0.104. The van der Waals surface area contributed by atoms with Crippen LogP contribution in [0.25, 0.3) is 6.08 Å². The Hall–Kier alpha value is -2.81. The molecule has 0 aliphatic rings. The van der Waals surface area contributed by atoms with Crippen LogP contribution in [-0.4, -0.2) is 17.0 Å². The SMILES string of the molecule is CC(/C=C/O)Oc1ccc(C(=O)/C=C/c2ccccc2)cc1. The van der Waals surface area contributed by atoms with Gasteiger partial charge in [-0.3, -0.25) is 4.79 Å². The van der Waals surface area contributed by atoms with Gasteiger partial charge in [0.25, 0.3) is 0 Å². The Morgan fingerprint density at radius 3 is 2.41 bits per heavy atom. The van der Waals surface area contributed by atoms with Gasteiger partial charge in [0.1, 0.15) is 11.9 Å². The summed E-state index contributed by atoms with van der Waals surface area (Å²) in [5.41, 5.74) is 1.59. The van der Waals surface area contributed by atoms with Crippen molar-refractivity contribution < 1.29 is 14.6 Å². The molecule has 0 aliphatic carbocycles. The van der Waals surface area contributed by atoms with Gasteiger partial charge >= 0.3 is 0 Å². The number of aliphatic hydroxyl groups excluding tert-OH is 1. The molecule has 0 aliphatic heterocycles. The van der Waals surface area contributed by atoms with Gasteiger partial charge in [-0.1, -0.05) is 36.4 Å². The van der Waals surface area contributed by atoms with Gasteiger partial charge in [-0.2, -0.15) is 0 Å². The summed E-state index contributed by atoms with van der Waals surface area (Å²) in [5.74, 6) is 0.591. The van der Waals surface area contributed by atoms with E-state index in [0.717, 1.165) is 11.8 Å². The van der Waals surface area contributed by atoms with Gasteiger partial charge < -0.3 is 9.84 Å². The zero-order valence-electron chi connectivity index (χ0n) is 12.3. The standard InChI is InChI=1S/C19H18O3/c1-15(13-14-20)22-18-10-8-17(9-11-18)19(21)12-7-16-5-3-2-4-6-16/h2-15,20H,1H3/b12-7+,14-13+. The van der Waals surface area contributed by atoms with E-state index in [1.54, 1.807) is 36.4 Å². The molecule has 1 atom stereocenters. The number of ketones is 1. The minimum Gasteiger partial charge on any atom is -0.516 e. The molecule has 2 aromatic carbocycles. The molecule has 3 nitrogen and oxygen atoms in total. The molecule has 0 radical (unpaired) electrons. The molecule has 0 aromatic heterocycles. The molecular formula is C19H18O3. The first-order valence-electron chi connectivity index (χ1n) is 7.04. The molecule has 0 bridgehead atoms. The van der Waals surface area contributed by atoms with Gasteiger partial charge in [-0.15, -0.1) is 0 Å². The van der Waals surface area contributed by atoms with E-state index in [4.69, 9.17) is 9.84 Å². The molecule has 2 aromatic rings. The highest BCUT2D eigenvalue weighted by Crippen LogP contribution is 2.15. The lowest BCUT2D eigenvalue weighted by Gasteiger charge is -2.10. The Kier molecular flexibility index (Phi) is 5.55. The number of allylic oxidation sites excluding steroid dienone is 1. The summed E-state index contributed by atoms with van der Waals surface area (Å²) in [5, 5.41) is 8.67. The molecule has 0 heterocycles. The summed E-state index contributed by atoms with van der Waals surface area (Å²) in [6.45, 7) is 1.81. The molecule has 2 rings (SSSR count). The van der Waals surface area contributed by atoms with E-state index in [1.165, 1.54) is 6.08 Å². The molecule has 0 spiro atoms. The van der Waals surface area contributed by atoms with Crippen LogP contribution in [0, 0.1) is 0 Å². The fourth-order valence-electron chi connectivity index (χ4n) is 1.91. The number of hydrogen-bond acceptors (Lipinski definition) is 3. The van der Waals surface area contributed by atoms with Crippen molar-refractivity contribution in [3.63, 3.8) is 0 Å². The highest BCUT2D eigenvalue weighted by molar-refractivity contribution is 6.06. The zero-order chi connectivity index (χ0) is 15.8. The molecular weight excluding hydrogens is 276 g/mol. The number of aliphatic hydroxyl groups is 1. The van der Waals surface area contributed by atoms with Gasteiger partial charge in [-0.05, 0) is 48.9 Å². The van der Waals surface area contributed by atoms with E-state index in [-0.39, 0.29) is 11.9 Å². The lowest BCUT2D eigenvalue weighted by Crippen LogP contribution is -2.07. The fourth-order valence-corrected chi connectivity index (χ4v) is 1.91. The number of rotatable bonds is 6. The largest absolute Gasteiger partial charge is 0.516 e. The normalized spacial score (nSPS) is 12.6. The van der Waals surface area contributed by atoms with Crippen molar-refractivity contribution in [2.24, 2.45) is 0 Å². The van der Waals surface area contributed by atoms with Crippen molar-refractivity contribution in [2.45, 2.75) is 13.0 Å². The van der Waals surface area contributed by atoms with Crippen molar-refractivity contribution >= 4 is 11.9 Å². The average molecular weight is 294 g/mol. The maximum absolute atomic E-state index is 12.1. The van der Waals surface area contributed by atoms with Crippen molar-refractivity contribution in [2.75, 3.05) is 0 Å². The monoisotopic (exact) mass is 294 g/mol. The molecule has 0 saturated heterocycles. The van der Waals surface area contributed by atoms with Gasteiger partial charge in [0.15, 0.2) is 5.78 Å². The van der Waals surface area contributed by atoms with Crippen LogP contribution < -0.4 is 4.74 Å². The second-order valence-electron chi connectivity index (χ2n) is 4.80. The van der Waals surface area contributed by atoms with Crippen LogP contribution in [0.4, 0.5) is 0 Å². The van der Waals surface area contributed by atoms with Crippen LogP contribution in [-0.2, 0) is 0 Å². The van der Waals surface area contributed by atoms with Crippen molar-refractivity contribution in [1.29, 1.82) is 0 Å². The predicted octanol–water partition coefficient (Wildman–Crippen LogP) is 4.42. The molecule has 0 amide bonds. The summed E-state index contributed by atoms with van der Waals surface area (Å²) in [4.78, 5) is 12.1. The predicted molar refractivity (Wildman–Crippen MR) is 88.1 cm³/mol. The Bertz CT molecular complexity index is 655. The maximum Gasteiger partial charge on any atom is 0.185 e. The van der Waals surface area contributed by atoms with E-state index in [9.17, 15) is 4.79 Å². The summed E-state index contributed by atoms with van der Waals surface area (Å²) in [6, 6.07) is 16.6. The molecule has 1 N–H and O–H groups in total. The van der Waals surface area contributed by atoms with Gasteiger partial charge in [0, 0.05) is 5.56 Å². The first kappa shape index (κ1) is 15.6. The number of benzene rings is 2. The van der Waals surface area contributed by atoms with Crippen LogP contribution >= 0.6 is 0 Å². The maximum atomic E-state index is 12.1. The van der Waals surface area contributed by atoms with Crippen LogP contribution in [0.1, 0.15) is 22.8 Å². The number of carbonyl (C=O) groups is 1. The highest BCUT2D eigenvalue weighted by Gasteiger charge is 2.04. The smallest absolute Gasteiger partial charge is 0.185 e. The van der Waals surface area contributed by atoms with Crippen molar-refractivity contribution in [1.82, 2.24) is 0 Å². The first-order valence-corrected chi connectivity index (χ1v) is 7.04. The highest BCUT2D eigenvalue weighted by atomic mass is 16.5. The number of carbonyl (C=O) groups excluding carboxylic acids is 1. The van der Waals surface area contributed by atoms with E-state index in [1.807, 2.05) is 37.3 Å². The van der Waals surface area contributed by atoms with E-state index >= 15 is 0 Å². The molecule has 0 fully saturated rings. The Morgan fingerprint density at radius 2 is 1.77 bits per heavy atom. The molecule has 0 saturated carbocycles. The lowest BCUT2D eigenvalue weighted by atomic mass is 10.1. The van der Waals surface area contributed by atoms with E-state index < -0.39 is 0 Å². The second-order valence-corrected chi connectivity index (χ2v) is 4.80. The first-order chi connectivity index (χ1) is 10.7. The van der Waals surface area contributed by atoms with Crippen LogP contribution in [0.15, 0.2) is 73.0 Å². The van der Waals surface area contributed by atoms with Crippen LogP contribution in [0.5, 0.6) is 5.75 Å². The van der Waals surface area contributed by atoms with Crippen molar-refractivity contribution in [3.05, 3.63) is 84.1 Å². The van der Waals surface area contributed by atoms with Gasteiger partial charge in [0.05, 0.1) is 6.26 Å². The molecule has 1 unspecified atom stereocenters. The third kappa shape index (κ3) is 4.63. The Morgan fingerprint density at radius 1 is 1.09 bits per heavy atom. The zero-order valence-corrected chi connectivity index (χ0v) is 12.3. The summed E-state index contributed by atoms with van der Waals surface area (Å²) in [6.07, 6.45) is 5.60. The molecule has 22 heavy (non-hydrogen) atoms. The summed E-state index contributed by atoms with van der Waals surface area (Å²) < 4.78 is 5.54. The molecule has 3 heteroatoms. The van der Waals surface area contributed by atoms with Crippen LogP contribution in [0.3, 0.4) is 0 Å². The van der Waals surface area contributed by atoms with Crippen molar-refractivity contribution in [3.8, 4) is 5.75 Å². The molecule has 112 valence electrons. The fraction of sp³-hybridized carbons (Fsp3) is 0.105. The third-order valence-electron chi connectivity index (χ3n) is 3.04. The average Bonchev–Trinajstić information content (AvgIpc) is 2.54. The minimum absolute atomic E-state index is 0.0568. The van der Waals surface area contributed by atoms with Gasteiger partial charge in [0.2, 0.25) is 0 Å². The Labute approximate surface area is 130 Å². The van der Waals surface area contributed by atoms with Crippen LogP contribution in [0.2, 0.25) is 0 Å². The van der Waals surface area contributed by atoms with E-state index in [0.29, 0.717) is 11.3 Å². The second kappa shape index (κ2) is 7.84. The topological polar surface area (TPSA) is 46.5 Å². The number of ether oxygens (including phenoxy) is 1. The van der Waals surface area contributed by atoms with E-state index in [2.05, 4.69) is 0 Å². The Balaban J connectivity index is 2.01. The third-order valence-corrected chi connectivity index (χ3v) is 3.04.